The first-order valence-corrected chi connectivity index (χ1v) is 7.46. The fourth-order valence-electron chi connectivity index (χ4n) is 1.46. The highest BCUT2D eigenvalue weighted by Crippen LogP contribution is 2.10. The number of rotatable bonds is 7. The molecule has 0 aromatic heterocycles. The molecular weight excluding hydrogens is 252 g/mol. The number of nitrogens with one attached hydrogen (secondary N) is 1. The van der Waals surface area contributed by atoms with Gasteiger partial charge >= 0.3 is 0 Å². The molecule has 0 saturated heterocycles. The SMILES string of the molecule is NCCC(=O)NCCCS(=O)(=O)c1ccccc1. The normalized spacial score (nSPS) is 11.2. The fraction of sp³-hybridized carbons (Fsp3) is 0.417. The number of hydrogen-bond donors (Lipinski definition) is 2. The van der Waals surface area contributed by atoms with Gasteiger partial charge in [0.25, 0.3) is 0 Å². The van der Waals surface area contributed by atoms with Crippen molar-refractivity contribution in [2.75, 3.05) is 18.8 Å². The lowest BCUT2D eigenvalue weighted by Crippen LogP contribution is -2.27. The second-order valence-corrected chi connectivity index (χ2v) is 5.98. The van der Waals surface area contributed by atoms with E-state index >= 15 is 0 Å². The van der Waals surface area contributed by atoms with E-state index in [9.17, 15) is 13.2 Å². The number of carbonyl (C=O) groups excluding carboxylic acids is 1. The molecule has 0 aliphatic heterocycles. The van der Waals surface area contributed by atoms with E-state index in [0.29, 0.717) is 24.4 Å². The topological polar surface area (TPSA) is 89.3 Å². The van der Waals surface area contributed by atoms with Gasteiger partial charge in [-0.05, 0) is 18.6 Å². The number of carbonyl (C=O) groups is 1. The van der Waals surface area contributed by atoms with E-state index in [1.54, 1.807) is 30.3 Å². The van der Waals surface area contributed by atoms with Crippen molar-refractivity contribution in [1.82, 2.24) is 5.32 Å². The maximum Gasteiger partial charge on any atom is 0.221 e. The highest BCUT2D eigenvalue weighted by atomic mass is 32.2. The lowest BCUT2D eigenvalue weighted by Gasteiger charge is -2.05. The molecule has 0 atom stereocenters. The van der Waals surface area contributed by atoms with Gasteiger partial charge in [0, 0.05) is 19.5 Å². The van der Waals surface area contributed by atoms with Gasteiger partial charge in [0.2, 0.25) is 5.91 Å². The molecule has 18 heavy (non-hydrogen) atoms. The molecule has 0 radical (unpaired) electrons. The lowest BCUT2D eigenvalue weighted by atomic mass is 10.4. The van der Waals surface area contributed by atoms with Crippen molar-refractivity contribution in [3.8, 4) is 0 Å². The largest absolute Gasteiger partial charge is 0.356 e. The molecule has 0 saturated carbocycles. The summed E-state index contributed by atoms with van der Waals surface area (Å²) >= 11 is 0. The Kier molecular flexibility index (Phi) is 5.80. The first kappa shape index (κ1) is 14.7. The van der Waals surface area contributed by atoms with Crippen molar-refractivity contribution in [3.05, 3.63) is 30.3 Å². The first-order valence-electron chi connectivity index (χ1n) is 5.81. The Hall–Kier alpha value is -1.40. The standard InChI is InChI=1S/C12H18N2O3S/c13-8-7-12(15)14-9-4-10-18(16,17)11-5-2-1-3-6-11/h1-3,5-6H,4,7-10,13H2,(H,14,15). The molecule has 3 N–H and O–H groups in total. The van der Waals surface area contributed by atoms with Gasteiger partial charge in [-0.25, -0.2) is 8.42 Å². The lowest BCUT2D eigenvalue weighted by molar-refractivity contribution is -0.120. The summed E-state index contributed by atoms with van der Waals surface area (Å²) in [6, 6.07) is 8.29. The van der Waals surface area contributed by atoms with Crippen LogP contribution in [0.2, 0.25) is 0 Å². The Balaban J connectivity index is 2.37. The summed E-state index contributed by atoms with van der Waals surface area (Å²) in [5, 5.41) is 2.62. The second kappa shape index (κ2) is 7.13. The predicted molar refractivity (Wildman–Crippen MR) is 69.8 cm³/mol. The van der Waals surface area contributed by atoms with Crippen molar-refractivity contribution in [2.45, 2.75) is 17.7 Å². The molecule has 1 rings (SSSR count). The van der Waals surface area contributed by atoms with Crippen LogP contribution in [-0.2, 0) is 14.6 Å². The number of benzene rings is 1. The van der Waals surface area contributed by atoms with Crippen molar-refractivity contribution < 1.29 is 13.2 Å². The Morgan fingerprint density at radius 1 is 1.22 bits per heavy atom. The Morgan fingerprint density at radius 3 is 2.50 bits per heavy atom. The highest BCUT2D eigenvalue weighted by molar-refractivity contribution is 7.91. The summed E-state index contributed by atoms with van der Waals surface area (Å²) in [4.78, 5) is 11.4. The summed E-state index contributed by atoms with van der Waals surface area (Å²) in [7, 11) is -3.25. The van der Waals surface area contributed by atoms with Gasteiger partial charge in [0.15, 0.2) is 9.84 Å². The van der Waals surface area contributed by atoms with Gasteiger partial charge in [-0.1, -0.05) is 18.2 Å². The third kappa shape index (κ3) is 4.85. The predicted octanol–water partition coefficient (Wildman–Crippen LogP) is 0.315. The molecule has 0 heterocycles. The third-order valence-corrected chi connectivity index (χ3v) is 4.20. The van der Waals surface area contributed by atoms with E-state index < -0.39 is 9.84 Å². The zero-order valence-corrected chi connectivity index (χ0v) is 10.9. The van der Waals surface area contributed by atoms with Gasteiger partial charge in [-0.15, -0.1) is 0 Å². The number of sulfone groups is 1. The van der Waals surface area contributed by atoms with Gasteiger partial charge in [-0.3, -0.25) is 4.79 Å². The van der Waals surface area contributed by atoms with Crippen LogP contribution in [-0.4, -0.2) is 33.2 Å². The minimum Gasteiger partial charge on any atom is -0.356 e. The minimum atomic E-state index is -3.25. The molecule has 6 heteroatoms. The molecule has 1 amide bonds. The van der Waals surface area contributed by atoms with Gasteiger partial charge in [0.1, 0.15) is 0 Å². The van der Waals surface area contributed by atoms with Crippen LogP contribution >= 0.6 is 0 Å². The molecule has 0 bridgehead atoms. The van der Waals surface area contributed by atoms with Gasteiger partial charge < -0.3 is 11.1 Å². The fourth-order valence-corrected chi connectivity index (χ4v) is 2.79. The zero-order chi connectivity index (χ0) is 13.4. The zero-order valence-electron chi connectivity index (χ0n) is 10.1. The summed E-state index contributed by atoms with van der Waals surface area (Å²) < 4.78 is 23.7. The molecular formula is C12H18N2O3S. The molecule has 0 aliphatic carbocycles. The first-order chi connectivity index (χ1) is 8.56. The number of hydrogen-bond acceptors (Lipinski definition) is 4. The van der Waals surface area contributed by atoms with Crippen molar-refractivity contribution in [2.24, 2.45) is 5.73 Å². The number of nitrogens with two attached hydrogens (primary N) is 1. The van der Waals surface area contributed by atoms with Crippen LogP contribution in [0.4, 0.5) is 0 Å². The monoisotopic (exact) mass is 270 g/mol. The molecule has 5 nitrogen and oxygen atoms in total. The van der Waals surface area contributed by atoms with Gasteiger partial charge in [0.05, 0.1) is 10.6 Å². The summed E-state index contributed by atoms with van der Waals surface area (Å²) in [5.74, 6) is -0.116. The van der Waals surface area contributed by atoms with Crippen LogP contribution < -0.4 is 11.1 Å². The third-order valence-electron chi connectivity index (χ3n) is 2.39. The molecule has 0 spiro atoms. The van der Waals surface area contributed by atoms with E-state index in [-0.39, 0.29) is 18.1 Å². The van der Waals surface area contributed by atoms with Crippen molar-refractivity contribution in [1.29, 1.82) is 0 Å². The van der Waals surface area contributed by atoms with E-state index in [1.165, 1.54) is 0 Å². The smallest absolute Gasteiger partial charge is 0.221 e. The average molecular weight is 270 g/mol. The van der Waals surface area contributed by atoms with E-state index in [2.05, 4.69) is 5.32 Å². The van der Waals surface area contributed by atoms with E-state index in [0.717, 1.165) is 0 Å². The van der Waals surface area contributed by atoms with Crippen LogP contribution in [0.25, 0.3) is 0 Å². The minimum absolute atomic E-state index is 0.0277. The van der Waals surface area contributed by atoms with Crippen LogP contribution in [0, 0.1) is 0 Å². The quantitative estimate of drug-likeness (QED) is 0.698. The number of amides is 1. The highest BCUT2D eigenvalue weighted by Gasteiger charge is 2.13. The Morgan fingerprint density at radius 2 is 1.89 bits per heavy atom. The maximum absolute atomic E-state index is 11.9. The van der Waals surface area contributed by atoms with Crippen LogP contribution in [0.3, 0.4) is 0 Å². The molecule has 0 aliphatic rings. The molecule has 0 unspecified atom stereocenters. The van der Waals surface area contributed by atoms with E-state index in [4.69, 9.17) is 5.73 Å². The molecule has 100 valence electrons. The van der Waals surface area contributed by atoms with Gasteiger partial charge in [-0.2, -0.15) is 0 Å². The second-order valence-electron chi connectivity index (χ2n) is 3.87. The van der Waals surface area contributed by atoms with Crippen molar-refractivity contribution >= 4 is 15.7 Å². The molecule has 0 fully saturated rings. The molecule has 1 aromatic rings. The van der Waals surface area contributed by atoms with Crippen LogP contribution in [0.5, 0.6) is 0 Å². The van der Waals surface area contributed by atoms with E-state index in [1.807, 2.05) is 0 Å². The molecule has 1 aromatic carbocycles. The Labute approximate surface area is 107 Å². The summed E-state index contributed by atoms with van der Waals surface area (Å²) in [6.07, 6.45) is 0.666. The van der Waals surface area contributed by atoms with Crippen molar-refractivity contribution in [3.63, 3.8) is 0 Å². The summed E-state index contributed by atoms with van der Waals surface area (Å²) in [5.41, 5.74) is 5.22. The Bertz CT molecular complexity index is 471. The van der Waals surface area contributed by atoms with Crippen LogP contribution in [0.15, 0.2) is 35.2 Å². The maximum atomic E-state index is 11.9. The average Bonchev–Trinajstić information content (AvgIpc) is 2.36. The van der Waals surface area contributed by atoms with Crippen LogP contribution in [0.1, 0.15) is 12.8 Å². The summed E-state index contributed by atoms with van der Waals surface area (Å²) in [6.45, 7) is 0.652.